The third kappa shape index (κ3) is 7.38. The molecule has 5 N–H and O–H groups in total. The summed E-state index contributed by atoms with van der Waals surface area (Å²) in [6, 6.07) is 3.17. The van der Waals surface area contributed by atoms with Crippen LogP contribution in [0.5, 0.6) is 0 Å². The number of hydrogen-bond acceptors (Lipinski definition) is 7. The van der Waals surface area contributed by atoms with Crippen LogP contribution in [0, 0.1) is 0 Å². The van der Waals surface area contributed by atoms with Crippen molar-refractivity contribution in [1.29, 1.82) is 0 Å². The SMILES string of the molecule is CC(C)(C)OC(=O)N[C@H]1CNCC[C@H]2CC[C@@H](C(=O)NC(CCC(N)=O)c3ccccn3)N2C1=O. The van der Waals surface area contributed by atoms with E-state index in [4.69, 9.17) is 10.5 Å². The number of amides is 4. The van der Waals surface area contributed by atoms with Crippen LogP contribution in [0.4, 0.5) is 4.79 Å². The molecule has 3 rings (SSSR count). The van der Waals surface area contributed by atoms with Crippen molar-refractivity contribution >= 4 is 23.8 Å². The van der Waals surface area contributed by atoms with E-state index in [1.165, 1.54) is 0 Å². The number of nitrogens with two attached hydrogens (primary N) is 1. The first-order chi connectivity index (χ1) is 16.5. The van der Waals surface area contributed by atoms with Gasteiger partial charge in [-0.05, 0) is 65.1 Å². The summed E-state index contributed by atoms with van der Waals surface area (Å²) < 4.78 is 5.32. The van der Waals surface area contributed by atoms with Gasteiger partial charge in [-0.1, -0.05) is 6.07 Å². The minimum atomic E-state index is -0.859. The summed E-state index contributed by atoms with van der Waals surface area (Å²) in [5.41, 5.74) is 5.24. The average Bonchev–Trinajstić information content (AvgIpc) is 3.19. The summed E-state index contributed by atoms with van der Waals surface area (Å²) in [6.45, 7) is 6.14. The number of pyridine rings is 1. The van der Waals surface area contributed by atoms with Crippen LogP contribution < -0.4 is 21.7 Å². The van der Waals surface area contributed by atoms with E-state index < -0.39 is 35.7 Å². The molecular weight excluding hydrogens is 452 g/mol. The van der Waals surface area contributed by atoms with E-state index in [1.54, 1.807) is 50.1 Å². The summed E-state index contributed by atoms with van der Waals surface area (Å²) in [5, 5.41) is 8.84. The largest absolute Gasteiger partial charge is 0.444 e. The van der Waals surface area contributed by atoms with Crippen LogP contribution in [0.1, 0.15) is 64.6 Å². The van der Waals surface area contributed by atoms with E-state index >= 15 is 0 Å². The number of fused-ring (bicyclic) bond motifs is 1. The molecule has 2 fully saturated rings. The fourth-order valence-corrected chi connectivity index (χ4v) is 4.53. The van der Waals surface area contributed by atoms with Gasteiger partial charge in [0.2, 0.25) is 17.7 Å². The second-order valence-electron chi connectivity index (χ2n) is 10.0. The van der Waals surface area contributed by atoms with Crippen molar-refractivity contribution in [2.45, 2.75) is 82.6 Å². The lowest BCUT2D eigenvalue weighted by Crippen LogP contribution is -2.60. The van der Waals surface area contributed by atoms with Gasteiger partial charge in [-0.15, -0.1) is 0 Å². The zero-order chi connectivity index (χ0) is 25.6. The van der Waals surface area contributed by atoms with Crippen molar-refractivity contribution < 1.29 is 23.9 Å². The van der Waals surface area contributed by atoms with E-state index in [0.29, 0.717) is 37.9 Å². The molecule has 11 heteroatoms. The van der Waals surface area contributed by atoms with E-state index in [-0.39, 0.29) is 30.8 Å². The van der Waals surface area contributed by atoms with Crippen molar-refractivity contribution in [3.63, 3.8) is 0 Å². The minimum Gasteiger partial charge on any atom is -0.444 e. The Morgan fingerprint density at radius 3 is 2.69 bits per heavy atom. The summed E-state index contributed by atoms with van der Waals surface area (Å²) >= 11 is 0. The molecule has 0 bridgehead atoms. The molecule has 1 aromatic heterocycles. The average molecular weight is 489 g/mol. The molecule has 2 aliphatic rings. The number of alkyl carbamates (subject to hydrolysis) is 1. The molecular formula is C24H36N6O5. The van der Waals surface area contributed by atoms with Crippen molar-refractivity contribution in [3.8, 4) is 0 Å². The number of hydrogen-bond donors (Lipinski definition) is 4. The highest BCUT2D eigenvalue weighted by Crippen LogP contribution is 2.29. The van der Waals surface area contributed by atoms with Crippen LogP contribution in [0.25, 0.3) is 0 Å². The number of carbonyl (C=O) groups is 4. The van der Waals surface area contributed by atoms with Gasteiger partial charge in [-0.3, -0.25) is 19.4 Å². The van der Waals surface area contributed by atoms with Gasteiger partial charge in [-0.2, -0.15) is 0 Å². The highest BCUT2D eigenvalue weighted by atomic mass is 16.6. The van der Waals surface area contributed by atoms with E-state index in [2.05, 4.69) is 20.9 Å². The molecule has 0 radical (unpaired) electrons. The number of carbonyl (C=O) groups excluding carboxylic acids is 4. The molecule has 1 unspecified atom stereocenters. The molecule has 0 aromatic carbocycles. The number of aromatic nitrogens is 1. The van der Waals surface area contributed by atoms with Gasteiger partial charge in [0.25, 0.3) is 0 Å². The minimum absolute atomic E-state index is 0.0883. The molecule has 192 valence electrons. The zero-order valence-electron chi connectivity index (χ0n) is 20.6. The third-order valence-electron chi connectivity index (χ3n) is 6.09. The predicted octanol–water partition coefficient (Wildman–Crippen LogP) is 0.751. The normalized spacial score (nSPS) is 23.5. The second kappa shape index (κ2) is 11.5. The van der Waals surface area contributed by atoms with Gasteiger partial charge in [0.1, 0.15) is 17.7 Å². The lowest BCUT2D eigenvalue weighted by Gasteiger charge is -2.36. The smallest absolute Gasteiger partial charge is 0.408 e. The molecule has 1 aromatic rings. The fraction of sp³-hybridized carbons (Fsp3) is 0.625. The summed E-state index contributed by atoms with van der Waals surface area (Å²) in [4.78, 5) is 56.6. The summed E-state index contributed by atoms with van der Waals surface area (Å²) in [7, 11) is 0. The molecule has 3 heterocycles. The monoisotopic (exact) mass is 488 g/mol. The molecule has 11 nitrogen and oxygen atoms in total. The summed E-state index contributed by atoms with van der Waals surface area (Å²) in [5.74, 6) is -1.11. The maximum atomic E-state index is 13.5. The first kappa shape index (κ1) is 26.4. The Bertz CT molecular complexity index is 919. The van der Waals surface area contributed by atoms with Gasteiger partial charge in [-0.25, -0.2) is 4.79 Å². The number of rotatable bonds is 7. The summed E-state index contributed by atoms with van der Waals surface area (Å²) in [6.07, 6.45) is 3.22. The number of nitrogens with zero attached hydrogens (tertiary/aromatic N) is 2. The van der Waals surface area contributed by atoms with Crippen molar-refractivity contribution in [2.75, 3.05) is 13.1 Å². The lowest BCUT2D eigenvalue weighted by atomic mass is 10.1. The fourth-order valence-electron chi connectivity index (χ4n) is 4.53. The van der Waals surface area contributed by atoms with Crippen molar-refractivity contribution in [3.05, 3.63) is 30.1 Å². The Balaban J connectivity index is 1.75. The second-order valence-corrected chi connectivity index (χ2v) is 10.0. The van der Waals surface area contributed by atoms with Gasteiger partial charge in [0.05, 0.1) is 11.7 Å². The Hall–Kier alpha value is -3.21. The Labute approximate surface area is 205 Å². The first-order valence-electron chi connectivity index (χ1n) is 12.1. The molecule has 4 amide bonds. The lowest BCUT2D eigenvalue weighted by molar-refractivity contribution is -0.142. The van der Waals surface area contributed by atoms with Gasteiger partial charge < -0.3 is 31.3 Å². The highest BCUT2D eigenvalue weighted by molar-refractivity contribution is 5.92. The topological polar surface area (TPSA) is 156 Å². The van der Waals surface area contributed by atoms with Gasteiger partial charge >= 0.3 is 6.09 Å². The maximum absolute atomic E-state index is 13.5. The van der Waals surface area contributed by atoms with Gasteiger partial charge in [0, 0.05) is 25.2 Å². The van der Waals surface area contributed by atoms with Crippen molar-refractivity contribution in [1.82, 2.24) is 25.8 Å². The highest BCUT2D eigenvalue weighted by Gasteiger charge is 2.44. The quantitative estimate of drug-likeness (QED) is 0.441. The van der Waals surface area contributed by atoms with E-state index in [1.807, 2.05) is 0 Å². The van der Waals surface area contributed by atoms with Crippen LogP contribution >= 0.6 is 0 Å². The number of nitrogens with one attached hydrogen (secondary N) is 3. The Morgan fingerprint density at radius 1 is 1.26 bits per heavy atom. The van der Waals surface area contributed by atoms with E-state index in [9.17, 15) is 19.2 Å². The molecule has 4 atom stereocenters. The zero-order valence-corrected chi connectivity index (χ0v) is 20.6. The van der Waals surface area contributed by atoms with Gasteiger partial charge in [0.15, 0.2) is 0 Å². The number of primary amides is 1. The first-order valence-corrected chi connectivity index (χ1v) is 12.1. The van der Waals surface area contributed by atoms with E-state index in [0.717, 1.165) is 0 Å². The number of ether oxygens (including phenoxy) is 1. The maximum Gasteiger partial charge on any atom is 0.408 e. The molecule has 0 aliphatic carbocycles. The van der Waals surface area contributed by atoms with Crippen LogP contribution in [0.15, 0.2) is 24.4 Å². The predicted molar refractivity (Wildman–Crippen MR) is 128 cm³/mol. The van der Waals surface area contributed by atoms with Crippen LogP contribution in [-0.2, 0) is 19.1 Å². The van der Waals surface area contributed by atoms with Crippen LogP contribution in [0.3, 0.4) is 0 Å². The Morgan fingerprint density at radius 2 is 2.03 bits per heavy atom. The van der Waals surface area contributed by atoms with Crippen molar-refractivity contribution in [2.24, 2.45) is 5.73 Å². The van der Waals surface area contributed by atoms with Crippen LogP contribution in [0.2, 0.25) is 0 Å². The molecule has 2 aliphatic heterocycles. The standard InChI is InChI=1S/C24H36N6O5/c1-24(2,3)35-23(34)29-18-14-26-13-11-15-7-9-19(30(15)22(18)33)21(32)28-17(8-10-20(25)31)16-6-4-5-12-27-16/h4-6,12,15,17-19,26H,7-11,13-14H2,1-3H3,(H2,25,31)(H,28,32)(H,29,34)/t15-,17?,18+,19+/m1/s1. The third-order valence-corrected chi connectivity index (χ3v) is 6.09. The molecule has 0 saturated carbocycles. The van der Waals surface area contributed by atoms with Crippen LogP contribution in [-0.4, -0.2) is 70.5 Å². The molecule has 0 spiro atoms. The molecule has 35 heavy (non-hydrogen) atoms. The Kier molecular flexibility index (Phi) is 8.66. The molecule has 2 saturated heterocycles.